The first-order chi connectivity index (χ1) is 9.70. The molecule has 1 saturated carbocycles. The molecule has 0 aromatic carbocycles. The quantitative estimate of drug-likeness (QED) is 0.730. The van der Waals surface area contributed by atoms with Crippen molar-refractivity contribution in [3.05, 3.63) is 0 Å². The van der Waals surface area contributed by atoms with Crippen molar-refractivity contribution in [2.75, 3.05) is 13.1 Å². The second-order valence-corrected chi connectivity index (χ2v) is 6.17. The van der Waals surface area contributed by atoms with Gasteiger partial charge in [-0.3, -0.25) is 4.79 Å². The van der Waals surface area contributed by atoms with Crippen LogP contribution in [0.1, 0.15) is 44.9 Å². The van der Waals surface area contributed by atoms with Gasteiger partial charge in [-0.15, -0.1) is 12.4 Å². The highest BCUT2D eigenvalue weighted by atomic mass is 35.5. The molecule has 1 aliphatic heterocycles. The van der Waals surface area contributed by atoms with Crippen LogP contribution in [-0.4, -0.2) is 31.1 Å². The summed E-state index contributed by atoms with van der Waals surface area (Å²) in [6.45, 7) is 2.04. The van der Waals surface area contributed by atoms with Gasteiger partial charge in [-0.05, 0) is 51.1 Å². The van der Waals surface area contributed by atoms with Crippen LogP contribution in [-0.2, 0) is 4.79 Å². The highest BCUT2D eigenvalue weighted by Gasteiger charge is 2.30. The van der Waals surface area contributed by atoms with Crippen molar-refractivity contribution >= 4 is 18.3 Å². The van der Waals surface area contributed by atoms with Gasteiger partial charge in [0.1, 0.15) is 6.04 Å². The molecule has 1 heterocycles. The molecule has 4 N–H and O–H groups in total. The van der Waals surface area contributed by atoms with Crippen LogP contribution < -0.4 is 16.4 Å². The molecule has 1 unspecified atom stereocenters. The number of nitrogens with two attached hydrogens (primary N) is 1. The zero-order valence-electron chi connectivity index (χ0n) is 12.5. The minimum absolute atomic E-state index is 0. The van der Waals surface area contributed by atoms with Crippen molar-refractivity contribution in [2.45, 2.75) is 57.0 Å². The van der Waals surface area contributed by atoms with E-state index < -0.39 is 0 Å². The summed E-state index contributed by atoms with van der Waals surface area (Å²) in [5, 5.41) is 15.5. The third-order valence-corrected chi connectivity index (χ3v) is 4.66. The van der Waals surface area contributed by atoms with Crippen molar-refractivity contribution in [3.8, 4) is 6.07 Å². The second-order valence-electron chi connectivity index (χ2n) is 6.17. The van der Waals surface area contributed by atoms with Crippen LogP contribution in [0.15, 0.2) is 0 Å². The van der Waals surface area contributed by atoms with Crippen molar-refractivity contribution in [1.29, 1.82) is 5.26 Å². The van der Waals surface area contributed by atoms with Gasteiger partial charge < -0.3 is 16.4 Å². The molecule has 2 fully saturated rings. The zero-order chi connectivity index (χ0) is 14.4. The molecule has 3 atom stereocenters. The van der Waals surface area contributed by atoms with E-state index in [1.165, 1.54) is 0 Å². The normalized spacial score (nSPS) is 28.0. The van der Waals surface area contributed by atoms with Crippen molar-refractivity contribution < 1.29 is 4.79 Å². The Bertz CT molecular complexity index is 365. The standard InChI is InChI=1S/C15H26N4O.ClH/c16-10-12(9-11-5-7-18-8-6-11)19-15(20)13-3-1-2-4-14(13)17;/h11-14,18H,1-9,17H2,(H,19,20);1H/t12?,13-,14+;/m1./s1. The molecule has 6 heteroatoms. The molecule has 0 aromatic heterocycles. The van der Waals surface area contributed by atoms with Crippen LogP contribution in [0.4, 0.5) is 0 Å². The van der Waals surface area contributed by atoms with E-state index in [9.17, 15) is 10.1 Å². The van der Waals surface area contributed by atoms with Gasteiger partial charge in [0.2, 0.25) is 5.91 Å². The molecule has 0 spiro atoms. The van der Waals surface area contributed by atoms with E-state index in [4.69, 9.17) is 5.73 Å². The zero-order valence-corrected chi connectivity index (χ0v) is 13.3. The Hall–Kier alpha value is -0.830. The third-order valence-electron chi connectivity index (χ3n) is 4.66. The fraction of sp³-hybridized carbons (Fsp3) is 0.867. The molecule has 5 nitrogen and oxygen atoms in total. The predicted octanol–water partition coefficient (Wildman–Crippen LogP) is 1.32. The summed E-state index contributed by atoms with van der Waals surface area (Å²) < 4.78 is 0. The minimum atomic E-state index is -0.361. The molecule has 0 aromatic rings. The van der Waals surface area contributed by atoms with Crippen LogP contribution >= 0.6 is 12.4 Å². The lowest BCUT2D eigenvalue weighted by Gasteiger charge is -2.29. The molecule has 0 bridgehead atoms. The van der Waals surface area contributed by atoms with Gasteiger partial charge in [0.15, 0.2) is 0 Å². The molecule has 0 radical (unpaired) electrons. The lowest BCUT2D eigenvalue weighted by Crippen LogP contribution is -2.47. The summed E-state index contributed by atoms with van der Waals surface area (Å²) >= 11 is 0. The lowest BCUT2D eigenvalue weighted by molar-refractivity contribution is -0.126. The number of amides is 1. The number of hydrogen-bond donors (Lipinski definition) is 3. The van der Waals surface area contributed by atoms with Gasteiger partial charge in [0.25, 0.3) is 0 Å². The number of nitrogens with zero attached hydrogens (tertiary/aromatic N) is 1. The Morgan fingerprint density at radius 1 is 1.29 bits per heavy atom. The van der Waals surface area contributed by atoms with Gasteiger partial charge in [-0.1, -0.05) is 12.8 Å². The van der Waals surface area contributed by atoms with Gasteiger partial charge in [0.05, 0.1) is 12.0 Å². The lowest BCUT2D eigenvalue weighted by atomic mass is 9.84. The maximum atomic E-state index is 12.3. The number of hydrogen-bond acceptors (Lipinski definition) is 4. The molecule has 1 aliphatic carbocycles. The Labute approximate surface area is 133 Å². The summed E-state index contributed by atoms with van der Waals surface area (Å²) in [4.78, 5) is 12.3. The summed E-state index contributed by atoms with van der Waals surface area (Å²) in [7, 11) is 0. The van der Waals surface area contributed by atoms with Gasteiger partial charge >= 0.3 is 0 Å². The number of halogens is 1. The van der Waals surface area contributed by atoms with E-state index in [-0.39, 0.29) is 36.3 Å². The van der Waals surface area contributed by atoms with Crippen molar-refractivity contribution in [1.82, 2.24) is 10.6 Å². The largest absolute Gasteiger partial charge is 0.340 e. The Morgan fingerprint density at radius 3 is 2.57 bits per heavy atom. The SMILES string of the molecule is Cl.N#CC(CC1CCNCC1)NC(=O)[C@@H]1CCCC[C@@H]1N. The number of nitrogens with one attached hydrogen (secondary N) is 2. The summed E-state index contributed by atoms with van der Waals surface area (Å²) in [6.07, 6.45) is 6.92. The maximum absolute atomic E-state index is 12.3. The van der Waals surface area contributed by atoms with Crippen LogP contribution in [0.2, 0.25) is 0 Å². The molecule has 21 heavy (non-hydrogen) atoms. The first-order valence-electron chi connectivity index (χ1n) is 7.87. The van der Waals surface area contributed by atoms with Crippen molar-refractivity contribution in [3.63, 3.8) is 0 Å². The van der Waals surface area contributed by atoms with Crippen LogP contribution in [0.25, 0.3) is 0 Å². The first kappa shape index (κ1) is 18.2. The monoisotopic (exact) mass is 314 g/mol. The van der Waals surface area contributed by atoms with E-state index in [0.717, 1.165) is 58.0 Å². The van der Waals surface area contributed by atoms with Gasteiger partial charge in [0, 0.05) is 6.04 Å². The molecule has 1 saturated heterocycles. The van der Waals surface area contributed by atoms with Crippen LogP contribution in [0, 0.1) is 23.2 Å². The highest BCUT2D eigenvalue weighted by Crippen LogP contribution is 2.24. The average Bonchev–Trinajstić information content (AvgIpc) is 2.48. The molecular formula is C15H27ClN4O. The Balaban J connectivity index is 0.00000220. The van der Waals surface area contributed by atoms with E-state index in [1.54, 1.807) is 0 Å². The average molecular weight is 315 g/mol. The van der Waals surface area contributed by atoms with E-state index >= 15 is 0 Å². The fourth-order valence-corrected chi connectivity index (χ4v) is 3.36. The highest BCUT2D eigenvalue weighted by molar-refractivity contribution is 5.85. The molecular weight excluding hydrogens is 288 g/mol. The summed E-state index contributed by atoms with van der Waals surface area (Å²) in [5.41, 5.74) is 6.03. The smallest absolute Gasteiger partial charge is 0.225 e. The number of rotatable bonds is 4. The third kappa shape index (κ3) is 5.46. The summed E-state index contributed by atoms with van der Waals surface area (Å²) in [6, 6.07) is 1.84. The van der Waals surface area contributed by atoms with Crippen molar-refractivity contribution in [2.24, 2.45) is 17.6 Å². The topological polar surface area (TPSA) is 90.9 Å². The summed E-state index contributed by atoms with van der Waals surface area (Å²) in [5.74, 6) is 0.423. The molecule has 2 aliphatic rings. The molecule has 2 rings (SSSR count). The predicted molar refractivity (Wildman–Crippen MR) is 84.9 cm³/mol. The minimum Gasteiger partial charge on any atom is -0.340 e. The number of piperidine rings is 1. The number of carbonyl (C=O) groups is 1. The van der Waals surface area contributed by atoms with Crippen LogP contribution in [0.3, 0.4) is 0 Å². The van der Waals surface area contributed by atoms with E-state index in [1.807, 2.05) is 0 Å². The van der Waals surface area contributed by atoms with E-state index in [0.29, 0.717) is 5.92 Å². The number of nitriles is 1. The molecule has 120 valence electrons. The molecule has 1 amide bonds. The second kappa shape index (κ2) is 9.24. The first-order valence-corrected chi connectivity index (χ1v) is 7.87. The van der Waals surface area contributed by atoms with Gasteiger partial charge in [-0.25, -0.2) is 0 Å². The Morgan fingerprint density at radius 2 is 1.95 bits per heavy atom. The van der Waals surface area contributed by atoms with E-state index in [2.05, 4.69) is 16.7 Å². The van der Waals surface area contributed by atoms with Crippen LogP contribution in [0.5, 0.6) is 0 Å². The fourth-order valence-electron chi connectivity index (χ4n) is 3.36. The number of carbonyl (C=O) groups excluding carboxylic acids is 1. The van der Waals surface area contributed by atoms with Gasteiger partial charge in [-0.2, -0.15) is 5.26 Å². The Kier molecular flexibility index (Phi) is 8.02. The maximum Gasteiger partial charge on any atom is 0.225 e.